The van der Waals surface area contributed by atoms with Gasteiger partial charge in [0.2, 0.25) is 5.91 Å². The second-order valence-electron chi connectivity index (χ2n) is 4.43. The van der Waals surface area contributed by atoms with Crippen molar-refractivity contribution in [2.75, 3.05) is 26.1 Å². The Morgan fingerprint density at radius 3 is 2.88 bits per heavy atom. The fraction of sp³-hybridized carbons (Fsp3) is 0.615. The minimum absolute atomic E-state index is 0.0102. The number of amides is 1. The van der Waals surface area contributed by atoms with Crippen LogP contribution in [0.3, 0.4) is 0 Å². The molecule has 1 rings (SSSR count). The lowest BCUT2D eigenvalue weighted by molar-refractivity contribution is -0.133. The Kier molecular flexibility index (Phi) is 5.22. The maximum Gasteiger partial charge on any atom is 0.238 e. The maximum atomic E-state index is 12.0. The number of allylic oxidation sites excluding steroid dienone is 2. The Bertz CT molecular complexity index is 338. The van der Waals surface area contributed by atoms with Crippen molar-refractivity contribution in [3.8, 4) is 0 Å². The molecule has 0 fully saturated rings. The fourth-order valence-corrected chi connectivity index (χ4v) is 2.22. The molecule has 1 unspecified atom stereocenters. The van der Waals surface area contributed by atoms with E-state index >= 15 is 0 Å². The summed E-state index contributed by atoms with van der Waals surface area (Å²) in [5, 5.41) is 0. The minimum Gasteiger partial charge on any atom is -0.383 e. The summed E-state index contributed by atoms with van der Waals surface area (Å²) >= 11 is 5.69. The Morgan fingerprint density at radius 2 is 2.35 bits per heavy atom. The van der Waals surface area contributed by atoms with Gasteiger partial charge in [-0.05, 0) is 25.8 Å². The zero-order chi connectivity index (χ0) is 12.9. The van der Waals surface area contributed by atoms with E-state index in [2.05, 4.69) is 13.0 Å². The van der Waals surface area contributed by atoms with E-state index in [4.69, 9.17) is 16.3 Å². The van der Waals surface area contributed by atoms with Crippen LogP contribution in [0, 0.1) is 0 Å². The predicted molar refractivity (Wildman–Crippen MR) is 70.2 cm³/mol. The molecule has 0 aromatic heterocycles. The third kappa shape index (κ3) is 3.11. The zero-order valence-electron chi connectivity index (χ0n) is 10.7. The van der Waals surface area contributed by atoms with Crippen LogP contribution in [-0.2, 0) is 9.53 Å². The molecule has 0 bridgehead atoms. The highest BCUT2D eigenvalue weighted by Gasteiger charge is 2.36. The summed E-state index contributed by atoms with van der Waals surface area (Å²) in [4.78, 5) is 13.8. The summed E-state index contributed by atoms with van der Waals surface area (Å²) < 4.78 is 5.06. The van der Waals surface area contributed by atoms with Crippen LogP contribution in [-0.4, -0.2) is 42.5 Å². The molecule has 96 valence electrons. The lowest BCUT2D eigenvalue weighted by Crippen LogP contribution is -2.52. The topological polar surface area (TPSA) is 29.5 Å². The number of halogens is 1. The lowest BCUT2D eigenvalue weighted by Gasteiger charge is -2.43. The van der Waals surface area contributed by atoms with Crippen LogP contribution >= 0.6 is 11.6 Å². The average molecular weight is 258 g/mol. The number of hydrogen-bond acceptors (Lipinski definition) is 2. The normalized spacial score (nSPS) is 23.4. The summed E-state index contributed by atoms with van der Waals surface area (Å²) in [5.41, 5.74) is 0.897. The lowest BCUT2D eigenvalue weighted by atomic mass is 9.84. The van der Waals surface area contributed by atoms with Gasteiger partial charge in [-0.25, -0.2) is 0 Å². The summed E-state index contributed by atoms with van der Waals surface area (Å²) in [5.74, 6) is -0.0368. The first-order chi connectivity index (χ1) is 8.06. The largest absolute Gasteiger partial charge is 0.383 e. The van der Waals surface area contributed by atoms with Gasteiger partial charge in [-0.2, -0.15) is 0 Å². The number of methoxy groups -OCH3 is 1. The third-order valence-electron chi connectivity index (χ3n) is 3.38. The summed E-state index contributed by atoms with van der Waals surface area (Å²) in [6.07, 6.45) is 6.97. The number of nitrogens with zero attached hydrogens (tertiary/aromatic N) is 1. The molecule has 0 heterocycles. The second-order valence-corrected chi connectivity index (χ2v) is 4.69. The zero-order valence-corrected chi connectivity index (χ0v) is 11.5. The van der Waals surface area contributed by atoms with Gasteiger partial charge in [0.15, 0.2) is 0 Å². The molecule has 0 aromatic rings. The van der Waals surface area contributed by atoms with E-state index in [-0.39, 0.29) is 17.3 Å². The van der Waals surface area contributed by atoms with Gasteiger partial charge in [0.1, 0.15) is 5.88 Å². The van der Waals surface area contributed by atoms with Gasteiger partial charge in [0.05, 0.1) is 12.1 Å². The smallest absolute Gasteiger partial charge is 0.238 e. The van der Waals surface area contributed by atoms with E-state index in [0.717, 1.165) is 6.42 Å². The van der Waals surface area contributed by atoms with Crippen LogP contribution in [0.4, 0.5) is 0 Å². The van der Waals surface area contributed by atoms with E-state index in [0.29, 0.717) is 13.2 Å². The number of ether oxygens (including phenoxy) is 1. The quantitative estimate of drug-likeness (QED) is 0.708. The first-order valence-electron chi connectivity index (χ1n) is 5.75. The molecular weight excluding hydrogens is 238 g/mol. The molecule has 0 aromatic carbocycles. The Labute approximate surface area is 108 Å². The van der Waals surface area contributed by atoms with Crippen molar-refractivity contribution in [1.29, 1.82) is 0 Å². The molecule has 0 N–H and O–H groups in total. The van der Waals surface area contributed by atoms with Gasteiger partial charge in [-0.3, -0.25) is 4.79 Å². The molecule has 0 saturated heterocycles. The number of carbonyl (C=O) groups excluding carboxylic acids is 1. The van der Waals surface area contributed by atoms with Gasteiger partial charge < -0.3 is 9.64 Å². The van der Waals surface area contributed by atoms with Crippen molar-refractivity contribution in [3.05, 3.63) is 23.8 Å². The van der Waals surface area contributed by atoms with Crippen molar-refractivity contribution in [2.45, 2.75) is 25.8 Å². The molecule has 1 aliphatic rings. The SMILES string of the molecule is COCCN(C(=O)CCl)C1(C)CC=CC=C1C. The molecule has 4 heteroatoms. The number of alkyl halides is 1. The molecule has 17 heavy (non-hydrogen) atoms. The van der Waals surface area contributed by atoms with Gasteiger partial charge in [0, 0.05) is 13.7 Å². The summed E-state index contributed by atoms with van der Waals surface area (Å²) in [7, 11) is 1.63. The highest BCUT2D eigenvalue weighted by atomic mass is 35.5. The maximum absolute atomic E-state index is 12.0. The molecule has 0 radical (unpaired) electrons. The standard InChI is InChI=1S/C13H20ClNO2/c1-11-6-4-5-7-13(11,2)15(8-9-17-3)12(16)10-14/h4-6H,7-10H2,1-3H3. The molecular formula is C13H20ClNO2. The van der Waals surface area contributed by atoms with Gasteiger partial charge in [0.25, 0.3) is 0 Å². The van der Waals surface area contributed by atoms with Gasteiger partial charge in [-0.1, -0.05) is 18.2 Å². The Hall–Kier alpha value is -0.800. The predicted octanol–water partition coefficient (Wildman–Crippen LogP) is 2.37. The monoisotopic (exact) mass is 257 g/mol. The van der Waals surface area contributed by atoms with E-state index < -0.39 is 0 Å². The second kappa shape index (κ2) is 6.22. The van der Waals surface area contributed by atoms with Crippen molar-refractivity contribution in [2.24, 2.45) is 0 Å². The van der Waals surface area contributed by atoms with Crippen LogP contribution in [0.15, 0.2) is 23.8 Å². The van der Waals surface area contributed by atoms with Gasteiger partial charge >= 0.3 is 0 Å². The van der Waals surface area contributed by atoms with Crippen LogP contribution in [0.5, 0.6) is 0 Å². The number of rotatable bonds is 5. The van der Waals surface area contributed by atoms with Crippen molar-refractivity contribution in [1.82, 2.24) is 4.90 Å². The highest BCUT2D eigenvalue weighted by Crippen LogP contribution is 2.31. The highest BCUT2D eigenvalue weighted by molar-refractivity contribution is 6.27. The first-order valence-corrected chi connectivity index (χ1v) is 6.29. The van der Waals surface area contributed by atoms with E-state index in [9.17, 15) is 4.79 Å². The summed E-state index contributed by atoms with van der Waals surface area (Å²) in [6, 6.07) is 0. The van der Waals surface area contributed by atoms with Crippen molar-refractivity contribution < 1.29 is 9.53 Å². The number of carbonyl (C=O) groups is 1. The van der Waals surface area contributed by atoms with Gasteiger partial charge in [-0.15, -0.1) is 11.6 Å². The van der Waals surface area contributed by atoms with E-state index in [1.165, 1.54) is 5.57 Å². The summed E-state index contributed by atoms with van der Waals surface area (Å²) in [6.45, 7) is 5.21. The molecule has 0 saturated carbocycles. The van der Waals surface area contributed by atoms with Crippen LogP contribution in [0.2, 0.25) is 0 Å². The first kappa shape index (κ1) is 14.3. The molecule has 1 aliphatic carbocycles. The van der Waals surface area contributed by atoms with Crippen LogP contribution in [0.25, 0.3) is 0 Å². The third-order valence-corrected chi connectivity index (χ3v) is 3.61. The average Bonchev–Trinajstić information content (AvgIpc) is 2.33. The minimum atomic E-state index is -0.279. The molecule has 3 nitrogen and oxygen atoms in total. The molecule has 0 spiro atoms. The van der Waals surface area contributed by atoms with Crippen LogP contribution in [0.1, 0.15) is 20.3 Å². The number of hydrogen-bond donors (Lipinski definition) is 0. The molecule has 1 atom stereocenters. The fourth-order valence-electron chi connectivity index (χ4n) is 2.07. The van der Waals surface area contributed by atoms with E-state index in [1.54, 1.807) is 7.11 Å². The Balaban J connectivity index is 2.92. The van der Waals surface area contributed by atoms with Crippen LogP contribution < -0.4 is 0 Å². The van der Waals surface area contributed by atoms with E-state index in [1.807, 2.05) is 24.0 Å². The molecule has 1 amide bonds. The van der Waals surface area contributed by atoms with Crippen molar-refractivity contribution in [3.63, 3.8) is 0 Å². The Morgan fingerprint density at radius 1 is 1.65 bits per heavy atom. The van der Waals surface area contributed by atoms with Crippen molar-refractivity contribution >= 4 is 17.5 Å². The molecule has 0 aliphatic heterocycles.